The van der Waals surface area contributed by atoms with E-state index >= 15 is 0 Å². The van der Waals surface area contributed by atoms with Crippen LogP contribution >= 0.6 is 11.6 Å². The van der Waals surface area contributed by atoms with E-state index in [1.807, 2.05) is 0 Å². The third kappa shape index (κ3) is 4.70. The van der Waals surface area contributed by atoms with Crippen LogP contribution in [-0.4, -0.2) is 26.7 Å². The lowest BCUT2D eigenvalue weighted by atomic mass is 10.3. The number of hydrogen-bond donors (Lipinski definition) is 1. The molecule has 0 saturated heterocycles. The lowest BCUT2D eigenvalue weighted by molar-refractivity contribution is 0.340. The summed E-state index contributed by atoms with van der Waals surface area (Å²) in [6, 6.07) is 3.64. The van der Waals surface area contributed by atoms with Gasteiger partial charge in [0.15, 0.2) is 0 Å². The Hall–Kier alpha value is -1.01. The molecule has 0 unspecified atom stereocenters. The zero-order valence-corrected chi connectivity index (χ0v) is 11.5. The molecule has 0 fully saturated rings. The minimum Gasteiger partial charge on any atom is -0.492 e. The van der Waals surface area contributed by atoms with E-state index in [4.69, 9.17) is 16.3 Å². The lowest BCUT2D eigenvalue weighted by Crippen LogP contribution is -2.17. The van der Waals surface area contributed by atoms with Crippen LogP contribution in [-0.2, 0) is 10.0 Å². The van der Waals surface area contributed by atoms with Crippen molar-refractivity contribution in [2.75, 3.05) is 23.0 Å². The molecule has 102 valence electrons. The number of hydrogen-bond acceptors (Lipinski definition) is 3. The van der Waals surface area contributed by atoms with Crippen LogP contribution in [0.5, 0.6) is 5.75 Å². The minimum absolute atomic E-state index is 0.0839. The molecule has 0 spiro atoms. The molecule has 1 aromatic carbocycles. The van der Waals surface area contributed by atoms with Gasteiger partial charge in [-0.05, 0) is 25.5 Å². The molecule has 0 atom stereocenters. The van der Waals surface area contributed by atoms with Gasteiger partial charge in [0, 0.05) is 11.9 Å². The van der Waals surface area contributed by atoms with E-state index in [9.17, 15) is 12.8 Å². The van der Waals surface area contributed by atoms with Gasteiger partial charge in [0.05, 0.1) is 18.0 Å². The highest BCUT2D eigenvalue weighted by Gasteiger charge is 2.13. The Morgan fingerprint density at radius 3 is 2.78 bits per heavy atom. The Morgan fingerprint density at radius 1 is 1.44 bits per heavy atom. The highest BCUT2D eigenvalue weighted by molar-refractivity contribution is 7.92. The first-order chi connectivity index (χ1) is 8.48. The van der Waals surface area contributed by atoms with Crippen molar-refractivity contribution < 1.29 is 17.5 Å². The number of rotatable bonds is 7. The SMILES string of the molecule is CCOc1cc(F)ccc1NS(=O)(=O)CCCCl. The van der Waals surface area contributed by atoms with Crippen molar-refractivity contribution in [2.24, 2.45) is 0 Å². The second-order valence-electron chi connectivity index (χ2n) is 3.54. The summed E-state index contributed by atoms with van der Waals surface area (Å²) in [6.45, 7) is 2.05. The van der Waals surface area contributed by atoms with Crippen molar-refractivity contribution in [1.29, 1.82) is 0 Å². The van der Waals surface area contributed by atoms with Crippen molar-refractivity contribution in [3.05, 3.63) is 24.0 Å². The molecule has 0 amide bonds. The largest absolute Gasteiger partial charge is 0.492 e. The second kappa shape index (κ2) is 6.80. The van der Waals surface area contributed by atoms with Crippen LogP contribution < -0.4 is 9.46 Å². The van der Waals surface area contributed by atoms with Gasteiger partial charge in [-0.2, -0.15) is 0 Å². The van der Waals surface area contributed by atoms with Gasteiger partial charge in [0.1, 0.15) is 11.6 Å². The zero-order valence-electron chi connectivity index (χ0n) is 9.95. The fraction of sp³-hybridized carbons (Fsp3) is 0.455. The molecular weight excluding hydrogens is 281 g/mol. The molecule has 0 saturated carbocycles. The molecule has 1 aromatic rings. The van der Waals surface area contributed by atoms with Gasteiger partial charge in [-0.1, -0.05) is 0 Å². The first-order valence-corrected chi connectivity index (χ1v) is 7.66. The summed E-state index contributed by atoms with van der Waals surface area (Å²) in [4.78, 5) is 0. The lowest BCUT2D eigenvalue weighted by Gasteiger charge is -2.12. The summed E-state index contributed by atoms with van der Waals surface area (Å²) in [5, 5.41) is 0. The van der Waals surface area contributed by atoms with E-state index in [-0.39, 0.29) is 23.1 Å². The van der Waals surface area contributed by atoms with E-state index in [2.05, 4.69) is 4.72 Å². The topological polar surface area (TPSA) is 55.4 Å². The summed E-state index contributed by atoms with van der Waals surface area (Å²) in [6.07, 6.45) is 0.349. The van der Waals surface area contributed by atoms with E-state index in [1.54, 1.807) is 6.92 Å². The Bertz CT molecular complexity index is 493. The highest BCUT2D eigenvalue weighted by atomic mass is 35.5. The molecule has 1 N–H and O–H groups in total. The predicted molar refractivity (Wildman–Crippen MR) is 70.3 cm³/mol. The molecule has 0 heterocycles. The third-order valence-electron chi connectivity index (χ3n) is 2.06. The van der Waals surface area contributed by atoms with Crippen LogP contribution in [0.25, 0.3) is 0 Å². The monoisotopic (exact) mass is 295 g/mol. The van der Waals surface area contributed by atoms with Gasteiger partial charge in [0.2, 0.25) is 10.0 Å². The summed E-state index contributed by atoms with van der Waals surface area (Å²) in [5.41, 5.74) is 0.229. The van der Waals surface area contributed by atoms with Gasteiger partial charge < -0.3 is 4.74 Å². The Labute approximate surface area is 111 Å². The van der Waals surface area contributed by atoms with Gasteiger partial charge in [0.25, 0.3) is 0 Å². The standard InChI is InChI=1S/C11H15ClFNO3S/c1-2-17-11-8-9(13)4-5-10(11)14-18(15,16)7-3-6-12/h4-5,8,14H,2-3,6-7H2,1H3. The molecular formula is C11H15ClFNO3S. The van der Waals surface area contributed by atoms with Crippen LogP contribution in [0.15, 0.2) is 18.2 Å². The fourth-order valence-electron chi connectivity index (χ4n) is 1.32. The average Bonchev–Trinajstić information content (AvgIpc) is 2.30. The quantitative estimate of drug-likeness (QED) is 0.787. The van der Waals surface area contributed by atoms with Gasteiger partial charge >= 0.3 is 0 Å². The Morgan fingerprint density at radius 2 is 2.17 bits per heavy atom. The molecule has 1 rings (SSSR count). The van der Waals surface area contributed by atoms with Crippen molar-refractivity contribution in [1.82, 2.24) is 0 Å². The highest BCUT2D eigenvalue weighted by Crippen LogP contribution is 2.26. The van der Waals surface area contributed by atoms with Crippen molar-refractivity contribution >= 4 is 27.3 Å². The fourth-order valence-corrected chi connectivity index (χ4v) is 2.74. The molecule has 0 radical (unpaired) electrons. The normalized spacial score (nSPS) is 11.3. The number of halogens is 2. The van der Waals surface area contributed by atoms with E-state index < -0.39 is 15.8 Å². The van der Waals surface area contributed by atoms with Crippen LogP contribution in [0.1, 0.15) is 13.3 Å². The van der Waals surface area contributed by atoms with Gasteiger partial charge in [-0.3, -0.25) is 4.72 Å². The molecule has 4 nitrogen and oxygen atoms in total. The summed E-state index contributed by atoms with van der Waals surface area (Å²) in [5.74, 6) is -0.128. The van der Waals surface area contributed by atoms with Crippen molar-refractivity contribution in [3.8, 4) is 5.75 Å². The van der Waals surface area contributed by atoms with Crippen LogP contribution in [0.4, 0.5) is 10.1 Å². The van der Waals surface area contributed by atoms with E-state index in [0.717, 1.165) is 6.07 Å². The number of sulfonamides is 1. The summed E-state index contributed by atoms with van der Waals surface area (Å²) >= 11 is 5.45. The molecule has 0 aromatic heterocycles. The summed E-state index contributed by atoms with van der Waals surface area (Å²) in [7, 11) is -3.49. The third-order valence-corrected chi connectivity index (χ3v) is 3.68. The first-order valence-electron chi connectivity index (χ1n) is 5.47. The minimum atomic E-state index is -3.49. The van der Waals surface area contributed by atoms with Gasteiger partial charge in [-0.25, -0.2) is 12.8 Å². The maximum absolute atomic E-state index is 13.0. The maximum atomic E-state index is 13.0. The first kappa shape index (κ1) is 15.0. The molecule has 7 heteroatoms. The van der Waals surface area contributed by atoms with Crippen molar-refractivity contribution in [3.63, 3.8) is 0 Å². The average molecular weight is 296 g/mol. The molecule has 0 aliphatic rings. The van der Waals surface area contributed by atoms with E-state index in [0.29, 0.717) is 13.0 Å². The summed E-state index contributed by atoms with van der Waals surface area (Å²) < 4.78 is 43.9. The molecule has 0 aliphatic carbocycles. The maximum Gasteiger partial charge on any atom is 0.232 e. The number of anilines is 1. The van der Waals surface area contributed by atoms with Crippen LogP contribution in [0, 0.1) is 5.82 Å². The van der Waals surface area contributed by atoms with Crippen LogP contribution in [0.2, 0.25) is 0 Å². The molecule has 0 bridgehead atoms. The zero-order chi connectivity index (χ0) is 13.6. The number of ether oxygens (including phenoxy) is 1. The molecule has 0 aliphatic heterocycles. The number of benzene rings is 1. The van der Waals surface area contributed by atoms with E-state index in [1.165, 1.54) is 12.1 Å². The predicted octanol–water partition coefficient (Wildman–Crippen LogP) is 2.60. The smallest absolute Gasteiger partial charge is 0.232 e. The number of alkyl halides is 1. The Kier molecular flexibility index (Phi) is 5.68. The van der Waals surface area contributed by atoms with Crippen molar-refractivity contribution in [2.45, 2.75) is 13.3 Å². The Balaban J connectivity index is 2.89. The molecule has 18 heavy (non-hydrogen) atoms. The van der Waals surface area contributed by atoms with Crippen LogP contribution in [0.3, 0.4) is 0 Å². The number of nitrogens with one attached hydrogen (secondary N) is 1. The van der Waals surface area contributed by atoms with Gasteiger partial charge in [-0.15, -0.1) is 11.6 Å². The second-order valence-corrected chi connectivity index (χ2v) is 5.76.